The van der Waals surface area contributed by atoms with Crippen molar-refractivity contribution in [3.05, 3.63) is 47.7 Å². The first kappa shape index (κ1) is 22.9. The normalized spacial score (nSPS) is 15.2. The van der Waals surface area contributed by atoms with Crippen LogP contribution in [0.3, 0.4) is 0 Å². The summed E-state index contributed by atoms with van der Waals surface area (Å²) in [6.45, 7) is 10.8. The van der Waals surface area contributed by atoms with Crippen molar-refractivity contribution in [1.82, 2.24) is 35.1 Å². The summed E-state index contributed by atoms with van der Waals surface area (Å²) in [6, 6.07) is 12.0. The summed E-state index contributed by atoms with van der Waals surface area (Å²) in [5.74, 6) is 0.999. The summed E-state index contributed by atoms with van der Waals surface area (Å²) in [5.41, 5.74) is 3.68. The topological polar surface area (TPSA) is 106 Å². The standard InChI is InChI=1S/C25H30N8O2/c1-5-20(16(2)3)33-29-22(28-30-33)18-7-9-19(10-8-18)24(34)31-12-14-32(15-13-31)25-27-23-21(35-25)11-6-17(4)26-23/h6-11,16,20H,5,12-15H2,1-4H3. The molecule has 0 radical (unpaired) electrons. The molecular weight excluding hydrogens is 444 g/mol. The molecule has 0 bridgehead atoms. The van der Waals surface area contributed by atoms with Gasteiger partial charge in [-0.05, 0) is 48.7 Å². The number of carbonyl (C=O) groups excluding carboxylic acids is 1. The van der Waals surface area contributed by atoms with Crippen LogP contribution in [0.1, 0.15) is 49.3 Å². The van der Waals surface area contributed by atoms with Crippen LogP contribution in [0, 0.1) is 12.8 Å². The number of carbonyl (C=O) groups is 1. The van der Waals surface area contributed by atoms with E-state index >= 15 is 0 Å². The molecule has 1 saturated heterocycles. The molecule has 1 fully saturated rings. The van der Waals surface area contributed by atoms with Gasteiger partial charge in [-0.2, -0.15) is 9.78 Å². The van der Waals surface area contributed by atoms with Gasteiger partial charge < -0.3 is 14.2 Å². The first-order valence-corrected chi connectivity index (χ1v) is 12.1. The number of oxazole rings is 1. The average Bonchev–Trinajstić information content (AvgIpc) is 3.51. The maximum absolute atomic E-state index is 13.1. The van der Waals surface area contributed by atoms with E-state index in [9.17, 15) is 4.79 Å². The molecule has 10 heteroatoms. The lowest BCUT2D eigenvalue weighted by Crippen LogP contribution is -2.48. The van der Waals surface area contributed by atoms with Gasteiger partial charge >= 0.3 is 0 Å². The Labute approximate surface area is 203 Å². The molecule has 10 nitrogen and oxygen atoms in total. The Bertz CT molecular complexity index is 1320. The summed E-state index contributed by atoms with van der Waals surface area (Å²) < 4.78 is 5.86. The second-order valence-corrected chi connectivity index (χ2v) is 9.28. The molecule has 1 unspecified atom stereocenters. The molecule has 1 atom stereocenters. The van der Waals surface area contributed by atoms with Crippen molar-refractivity contribution in [1.29, 1.82) is 0 Å². The Balaban J connectivity index is 1.22. The summed E-state index contributed by atoms with van der Waals surface area (Å²) >= 11 is 0. The number of fused-ring (bicyclic) bond motifs is 1. The number of benzene rings is 1. The van der Waals surface area contributed by atoms with Crippen molar-refractivity contribution >= 4 is 23.2 Å². The van der Waals surface area contributed by atoms with E-state index < -0.39 is 0 Å². The number of pyridine rings is 1. The highest BCUT2D eigenvalue weighted by molar-refractivity contribution is 5.94. The van der Waals surface area contributed by atoms with E-state index in [0.717, 1.165) is 17.7 Å². The lowest BCUT2D eigenvalue weighted by atomic mass is 10.0. The number of piperazine rings is 1. The van der Waals surface area contributed by atoms with Crippen molar-refractivity contribution < 1.29 is 9.21 Å². The number of aromatic nitrogens is 6. The number of tetrazole rings is 1. The van der Waals surface area contributed by atoms with Crippen LogP contribution in [0.2, 0.25) is 0 Å². The van der Waals surface area contributed by atoms with Crippen LogP contribution >= 0.6 is 0 Å². The molecule has 4 aromatic rings. The lowest BCUT2D eigenvalue weighted by molar-refractivity contribution is 0.0745. The molecule has 35 heavy (non-hydrogen) atoms. The van der Waals surface area contributed by atoms with E-state index in [2.05, 4.69) is 51.0 Å². The fourth-order valence-electron chi connectivity index (χ4n) is 4.46. The minimum atomic E-state index is 0.00789. The van der Waals surface area contributed by atoms with Gasteiger partial charge in [0.25, 0.3) is 11.9 Å². The van der Waals surface area contributed by atoms with Gasteiger partial charge in [0.1, 0.15) is 0 Å². The molecule has 0 saturated carbocycles. The summed E-state index contributed by atoms with van der Waals surface area (Å²) in [7, 11) is 0. The number of rotatable bonds is 6. The predicted octanol–water partition coefficient (Wildman–Crippen LogP) is 3.75. The van der Waals surface area contributed by atoms with Gasteiger partial charge in [0.15, 0.2) is 5.58 Å². The van der Waals surface area contributed by atoms with Crippen LogP contribution in [0.15, 0.2) is 40.8 Å². The zero-order valence-electron chi connectivity index (χ0n) is 20.5. The van der Waals surface area contributed by atoms with Gasteiger partial charge in [-0.25, -0.2) is 4.98 Å². The number of anilines is 1. The molecule has 0 spiro atoms. The molecule has 182 valence electrons. The van der Waals surface area contributed by atoms with Gasteiger partial charge in [0.05, 0.1) is 6.04 Å². The second-order valence-electron chi connectivity index (χ2n) is 9.28. The Hall–Kier alpha value is -3.82. The molecular formula is C25H30N8O2. The Kier molecular flexibility index (Phi) is 6.19. The molecule has 1 aromatic carbocycles. The maximum atomic E-state index is 13.1. The van der Waals surface area contributed by atoms with Gasteiger partial charge in [0, 0.05) is 43.0 Å². The van der Waals surface area contributed by atoms with Gasteiger partial charge in [-0.15, -0.1) is 10.2 Å². The Morgan fingerprint density at radius 1 is 1.03 bits per heavy atom. The van der Waals surface area contributed by atoms with Gasteiger partial charge in [0.2, 0.25) is 11.5 Å². The van der Waals surface area contributed by atoms with Crippen molar-refractivity contribution in [2.24, 2.45) is 5.92 Å². The highest BCUT2D eigenvalue weighted by atomic mass is 16.4. The Morgan fingerprint density at radius 2 is 1.77 bits per heavy atom. The first-order valence-electron chi connectivity index (χ1n) is 12.1. The third-order valence-corrected chi connectivity index (χ3v) is 6.52. The highest BCUT2D eigenvalue weighted by Gasteiger charge is 2.25. The average molecular weight is 475 g/mol. The van der Waals surface area contributed by atoms with Crippen LogP contribution in [0.5, 0.6) is 0 Å². The zero-order valence-corrected chi connectivity index (χ0v) is 20.5. The van der Waals surface area contributed by atoms with Crippen molar-refractivity contribution in [2.75, 3.05) is 31.1 Å². The van der Waals surface area contributed by atoms with Crippen LogP contribution in [-0.4, -0.2) is 67.2 Å². The number of amides is 1. The van der Waals surface area contributed by atoms with E-state index in [1.165, 1.54) is 0 Å². The highest BCUT2D eigenvalue weighted by Crippen LogP contribution is 2.24. The molecule has 0 N–H and O–H groups in total. The van der Waals surface area contributed by atoms with Gasteiger partial charge in [-0.1, -0.05) is 32.9 Å². The van der Waals surface area contributed by atoms with E-state index in [1.807, 2.05) is 48.2 Å². The van der Waals surface area contributed by atoms with E-state index in [1.54, 1.807) is 4.80 Å². The fraction of sp³-hybridized carbons (Fsp3) is 0.440. The quantitative estimate of drug-likeness (QED) is 0.416. The second kappa shape index (κ2) is 9.44. The molecule has 3 aromatic heterocycles. The zero-order chi connectivity index (χ0) is 24.5. The first-order chi connectivity index (χ1) is 16.9. The maximum Gasteiger partial charge on any atom is 0.300 e. The largest absolute Gasteiger partial charge is 0.422 e. The molecule has 4 heterocycles. The predicted molar refractivity (Wildman–Crippen MR) is 132 cm³/mol. The summed E-state index contributed by atoms with van der Waals surface area (Å²) in [5, 5.41) is 13.0. The number of nitrogens with zero attached hydrogens (tertiary/aromatic N) is 8. The molecule has 1 aliphatic heterocycles. The molecule has 1 amide bonds. The smallest absolute Gasteiger partial charge is 0.300 e. The van der Waals surface area contributed by atoms with E-state index in [-0.39, 0.29) is 11.9 Å². The summed E-state index contributed by atoms with van der Waals surface area (Å²) in [4.78, 5) is 27.6. The van der Waals surface area contributed by atoms with Crippen LogP contribution in [0.25, 0.3) is 22.6 Å². The third kappa shape index (κ3) is 4.60. The SMILES string of the molecule is CCC(C(C)C)n1nnc(-c2ccc(C(=O)N3CCN(c4nc5nc(C)ccc5o4)CC3)cc2)n1. The Morgan fingerprint density at radius 3 is 2.46 bits per heavy atom. The number of aryl methyl sites for hydroxylation is 1. The van der Waals surface area contributed by atoms with E-state index in [4.69, 9.17) is 4.42 Å². The molecule has 5 rings (SSSR count). The fourth-order valence-corrected chi connectivity index (χ4v) is 4.46. The molecule has 0 aliphatic carbocycles. The van der Waals surface area contributed by atoms with Crippen LogP contribution in [-0.2, 0) is 0 Å². The van der Waals surface area contributed by atoms with Gasteiger partial charge in [-0.3, -0.25) is 4.79 Å². The third-order valence-electron chi connectivity index (χ3n) is 6.52. The lowest BCUT2D eigenvalue weighted by Gasteiger charge is -2.33. The number of hydrogen-bond acceptors (Lipinski definition) is 8. The van der Waals surface area contributed by atoms with Crippen LogP contribution in [0.4, 0.5) is 6.01 Å². The van der Waals surface area contributed by atoms with Crippen molar-refractivity contribution in [2.45, 2.75) is 40.2 Å². The molecule has 1 aliphatic rings. The van der Waals surface area contributed by atoms with Crippen molar-refractivity contribution in [3.63, 3.8) is 0 Å². The summed E-state index contributed by atoms with van der Waals surface area (Å²) in [6.07, 6.45) is 0.942. The minimum absolute atomic E-state index is 0.00789. The monoisotopic (exact) mass is 474 g/mol. The van der Waals surface area contributed by atoms with E-state index in [0.29, 0.717) is 60.7 Å². The van der Waals surface area contributed by atoms with Crippen molar-refractivity contribution in [3.8, 4) is 11.4 Å². The number of hydrogen-bond donors (Lipinski definition) is 0. The minimum Gasteiger partial charge on any atom is -0.422 e. The van der Waals surface area contributed by atoms with Crippen LogP contribution < -0.4 is 4.90 Å².